The first kappa shape index (κ1) is 16.0. The molecule has 0 atom stereocenters. The van der Waals surface area contributed by atoms with Gasteiger partial charge in [-0.15, -0.1) is 0 Å². The summed E-state index contributed by atoms with van der Waals surface area (Å²) in [4.78, 5) is 10.4. The summed E-state index contributed by atoms with van der Waals surface area (Å²) in [7, 11) is -1.07. The van der Waals surface area contributed by atoms with Crippen LogP contribution in [0.15, 0.2) is 29.4 Å². The summed E-state index contributed by atoms with van der Waals surface area (Å²) in [5.41, 5.74) is 0.565. The first-order chi connectivity index (χ1) is 10.2. The Morgan fingerprint density at radius 2 is 1.86 bits per heavy atom. The normalized spacial score (nSPS) is 11.5. The molecule has 2 rings (SSSR count). The van der Waals surface area contributed by atoms with Crippen LogP contribution in [0.1, 0.15) is 11.1 Å². The average Bonchev–Trinajstić information content (AvgIpc) is 2.86. The maximum absolute atomic E-state index is 12.8. The quantitative estimate of drug-likeness (QED) is 0.630. The molecule has 118 valence electrons. The number of nitro groups is 1. The minimum atomic E-state index is -4.07. The smallest absolute Gasteiger partial charge is 0.274 e. The molecule has 2 aromatic rings. The Morgan fingerprint density at radius 1 is 1.27 bits per heavy atom. The van der Waals surface area contributed by atoms with Crippen LogP contribution in [0.4, 0.5) is 11.4 Å². The van der Waals surface area contributed by atoms with Crippen LogP contribution in [-0.2, 0) is 17.1 Å². The monoisotopic (exact) mass is 324 g/mol. The molecule has 1 aromatic carbocycles. The number of benzene rings is 1. The largest absolute Gasteiger partial charge is 0.293 e. The maximum Gasteiger partial charge on any atom is 0.293 e. The van der Waals surface area contributed by atoms with Gasteiger partial charge in [-0.2, -0.15) is 5.10 Å². The number of aromatic nitrogens is 2. The molecule has 0 amide bonds. The second-order valence-corrected chi connectivity index (χ2v) is 6.89. The Kier molecular flexibility index (Phi) is 3.92. The number of sulfonamides is 1. The fourth-order valence-corrected chi connectivity index (χ4v) is 3.77. The third-order valence-corrected chi connectivity index (χ3v) is 5.35. The lowest BCUT2D eigenvalue weighted by Crippen LogP contribution is -2.28. The Bertz CT molecular complexity index is 842. The van der Waals surface area contributed by atoms with Crippen molar-refractivity contribution in [3.8, 4) is 0 Å². The van der Waals surface area contributed by atoms with Gasteiger partial charge in [0.1, 0.15) is 0 Å². The molecule has 0 aliphatic carbocycles. The lowest BCUT2D eigenvalue weighted by Gasteiger charge is -2.19. The van der Waals surface area contributed by atoms with E-state index in [9.17, 15) is 18.5 Å². The third-order valence-electron chi connectivity index (χ3n) is 3.39. The van der Waals surface area contributed by atoms with Crippen LogP contribution in [0.2, 0.25) is 0 Å². The number of aryl methyl sites for hydroxylation is 3. The van der Waals surface area contributed by atoms with Crippen LogP contribution in [0.25, 0.3) is 0 Å². The summed E-state index contributed by atoms with van der Waals surface area (Å²) in [6.07, 6.45) is 2.91. The highest BCUT2D eigenvalue weighted by Gasteiger charge is 2.33. The fraction of sp³-hybridized carbons (Fsp3) is 0.308. The van der Waals surface area contributed by atoms with Crippen LogP contribution in [-0.4, -0.2) is 30.2 Å². The van der Waals surface area contributed by atoms with Crippen molar-refractivity contribution in [1.82, 2.24) is 9.78 Å². The van der Waals surface area contributed by atoms with Crippen LogP contribution in [0.5, 0.6) is 0 Å². The van der Waals surface area contributed by atoms with E-state index in [4.69, 9.17) is 0 Å². The molecule has 1 aromatic heterocycles. The van der Waals surface area contributed by atoms with Crippen molar-refractivity contribution < 1.29 is 13.3 Å². The summed E-state index contributed by atoms with van der Waals surface area (Å²) in [6.45, 7) is 3.05. The van der Waals surface area contributed by atoms with E-state index in [1.165, 1.54) is 44.0 Å². The van der Waals surface area contributed by atoms with Crippen molar-refractivity contribution in [2.75, 3.05) is 11.4 Å². The van der Waals surface area contributed by atoms with Crippen LogP contribution in [0, 0.1) is 24.0 Å². The van der Waals surface area contributed by atoms with Gasteiger partial charge < -0.3 is 0 Å². The fourth-order valence-electron chi connectivity index (χ4n) is 2.17. The Morgan fingerprint density at radius 3 is 2.36 bits per heavy atom. The molecule has 0 aliphatic heterocycles. The highest BCUT2D eigenvalue weighted by atomic mass is 32.2. The minimum absolute atomic E-state index is 0.288. The topological polar surface area (TPSA) is 98.3 Å². The second-order valence-electron chi connectivity index (χ2n) is 4.98. The van der Waals surface area contributed by atoms with Crippen molar-refractivity contribution in [3.05, 3.63) is 45.8 Å². The lowest BCUT2D eigenvalue weighted by atomic mass is 10.1. The molecule has 0 N–H and O–H groups in total. The Labute approximate surface area is 128 Å². The van der Waals surface area contributed by atoms with Gasteiger partial charge in [0.25, 0.3) is 15.7 Å². The molecule has 0 unspecified atom stereocenters. The summed E-state index contributed by atoms with van der Waals surface area (Å²) < 4.78 is 28.1. The van der Waals surface area contributed by atoms with Crippen molar-refractivity contribution in [2.45, 2.75) is 18.7 Å². The maximum atomic E-state index is 12.8. The minimum Gasteiger partial charge on any atom is -0.274 e. The molecule has 22 heavy (non-hydrogen) atoms. The highest BCUT2D eigenvalue weighted by Crippen LogP contribution is 2.33. The zero-order valence-electron chi connectivity index (χ0n) is 12.6. The van der Waals surface area contributed by atoms with Gasteiger partial charge >= 0.3 is 0 Å². The summed E-state index contributed by atoms with van der Waals surface area (Å²) in [5, 5.41) is 15.2. The van der Waals surface area contributed by atoms with E-state index in [0.717, 1.165) is 4.31 Å². The van der Waals surface area contributed by atoms with Crippen LogP contribution in [0.3, 0.4) is 0 Å². The highest BCUT2D eigenvalue weighted by molar-refractivity contribution is 7.93. The standard InChI is InChI=1S/C13H16N4O4S/c1-9-5-6-10(2)13(12(9)17(18)19)22(20,21)16(4)11-7-14-15(3)8-11/h5-8H,1-4H3. The van der Waals surface area contributed by atoms with E-state index in [1.54, 1.807) is 13.1 Å². The van der Waals surface area contributed by atoms with Crippen molar-refractivity contribution in [2.24, 2.45) is 7.05 Å². The van der Waals surface area contributed by atoms with Crippen molar-refractivity contribution in [3.63, 3.8) is 0 Å². The average molecular weight is 324 g/mol. The van der Waals surface area contributed by atoms with Gasteiger partial charge in [0.2, 0.25) is 0 Å². The zero-order chi connectivity index (χ0) is 16.7. The van der Waals surface area contributed by atoms with E-state index in [-0.39, 0.29) is 4.90 Å². The van der Waals surface area contributed by atoms with E-state index in [2.05, 4.69) is 5.10 Å². The Hall–Kier alpha value is -2.42. The van der Waals surface area contributed by atoms with Crippen molar-refractivity contribution >= 4 is 21.4 Å². The van der Waals surface area contributed by atoms with Gasteiger partial charge in [-0.1, -0.05) is 12.1 Å². The van der Waals surface area contributed by atoms with Gasteiger partial charge in [0.05, 0.1) is 16.8 Å². The van der Waals surface area contributed by atoms with Gasteiger partial charge in [0.15, 0.2) is 4.90 Å². The number of hydrogen-bond donors (Lipinski definition) is 0. The molecule has 0 saturated heterocycles. The first-order valence-corrected chi connectivity index (χ1v) is 7.82. The molecule has 0 radical (unpaired) electrons. The molecule has 0 bridgehead atoms. The summed E-state index contributed by atoms with van der Waals surface area (Å²) in [5.74, 6) is 0. The van der Waals surface area contributed by atoms with Crippen molar-refractivity contribution in [1.29, 1.82) is 0 Å². The van der Waals surface area contributed by atoms with Gasteiger partial charge in [-0.05, 0) is 19.4 Å². The van der Waals surface area contributed by atoms with E-state index in [1.807, 2.05) is 0 Å². The van der Waals surface area contributed by atoms with E-state index >= 15 is 0 Å². The number of anilines is 1. The first-order valence-electron chi connectivity index (χ1n) is 6.38. The summed E-state index contributed by atoms with van der Waals surface area (Å²) in [6, 6.07) is 3.10. The molecular formula is C13H16N4O4S. The molecule has 9 heteroatoms. The number of nitrogens with zero attached hydrogens (tertiary/aromatic N) is 4. The molecule has 1 heterocycles. The van der Waals surface area contributed by atoms with Gasteiger partial charge in [-0.3, -0.25) is 19.1 Å². The second kappa shape index (κ2) is 5.41. The lowest BCUT2D eigenvalue weighted by molar-refractivity contribution is -0.388. The predicted octanol–water partition coefficient (Wildman–Crippen LogP) is 1.77. The molecular weight excluding hydrogens is 308 g/mol. The van der Waals surface area contributed by atoms with Crippen LogP contribution < -0.4 is 4.31 Å². The van der Waals surface area contributed by atoms with E-state index < -0.39 is 20.6 Å². The molecule has 0 fully saturated rings. The van der Waals surface area contributed by atoms with E-state index in [0.29, 0.717) is 16.8 Å². The van der Waals surface area contributed by atoms with Gasteiger partial charge in [-0.25, -0.2) is 8.42 Å². The zero-order valence-corrected chi connectivity index (χ0v) is 13.5. The SMILES string of the molecule is Cc1ccc(C)c(S(=O)(=O)N(C)c2cnn(C)c2)c1[N+](=O)[O-]. The van der Waals surface area contributed by atoms with Crippen LogP contribution >= 0.6 is 0 Å². The summed E-state index contributed by atoms with van der Waals surface area (Å²) >= 11 is 0. The molecule has 0 saturated carbocycles. The molecule has 0 spiro atoms. The van der Waals surface area contributed by atoms with Gasteiger partial charge in [0, 0.05) is 25.9 Å². The predicted molar refractivity (Wildman–Crippen MR) is 81.4 cm³/mol. The molecule has 8 nitrogen and oxygen atoms in total. The molecule has 0 aliphatic rings. The number of nitro benzene ring substituents is 1. The Balaban J connectivity index is 2.69. The number of hydrogen-bond acceptors (Lipinski definition) is 5. The third kappa shape index (κ3) is 2.54. The number of rotatable bonds is 4.